The normalized spacial score (nSPS) is 12.6. The van der Waals surface area contributed by atoms with Crippen molar-refractivity contribution in [1.29, 1.82) is 5.26 Å². The number of benzene rings is 2. The van der Waals surface area contributed by atoms with E-state index in [9.17, 15) is 13.5 Å². The van der Waals surface area contributed by atoms with Crippen molar-refractivity contribution in [3.05, 3.63) is 64.7 Å². The van der Waals surface area contributed by atoms with Gasteiger partial charge >= 0.3 is 0 Å². The molecule has 0 aliphatic heterocycles. The van der Waals surface area contributed by atoms with Gasteiger partial charge < -0.3 is 5.11 Å². The summed E-state index contributed by atoms with van der Waals surface area (Å²) >= 11 is 5.86. The molecular formula is C15H13ClN2O3S. The maximum absolute atomic E-state index is 12.4. The molecule has 114 valence electrons. The summed E-state index contributed by atoms with van der Waals surface area (Å²) in [5, 5.41) is 18.3. The molecule has 2 aromatic rings. The molecule has 0 unspecified atom stereocenters. The number of hydrogen-bond acceptors (Lipinski definition) is 4. The van der Waals surface area contributed by atoms with Crippen molar-refractivity contribution in [2.45, 2.75) is 10.9 Å². The van der Waals surface area contributed by atoms with E-state index in [-0.39, 0.29) is 22.1 Å². The predicted molar refractivity (Wildman–Crippen MR) is 82.8 cm³/mol. The molecule has 0 spiro atoms. The number of hydrogen-bond donors (Lipinski definition) is 2. The van der Waals surface area contributed by atoms with Gasteiger partial charge in [-0.3, -0.25) is 0 Å². The van der Waals surface area contributed by atoms with E-state index in [1.165, 1.54) is 18.2 Å². The van der Waals surface area contributed by atoms with E-state index < -0.39 is 16.1 Å². The number of nitriles is 1. The monoisotopic (exact) mass is 336 g/mol. The van der Waals surface area contributed by atoms with E-state index in [1.807, 2.05) is 6.07 Å². The van der Waals surface area contributed by atoms with E-state index in [4.69, 9.17) is 16.9 Å². The first-order valence-electron chi connectivity index (χ1n) is 6.35. The van der Waals surface area contributed by atoms with Gasteiger partial charge in [0.25, 0.3) is 0 Å². The lowest BCUT2D eigenvalue weighted by Crippen LogP contribution is -2.30. The Labute approximate surface area is 133 Å². The summed E-state index contributed by atoms with van der Waals surface area (Å²) in [5.41, 5.74) is 0.843. The molecule has 5 nitrogen and oxygen atoms in total. The maximum Gasteiger partial charge on any atom is 0.241 e. The van der Waals surface area contributed by atoms with Crippen LogP contribution in [-0.2, 0) is 10.0 Å². The van der Waals surface area contributed by atoms with Crippen LogP contribution in [0.15, 0.2) is 53.4 Å². The van der Waals surface area contributed by atoms with Crippen molar-refractivity contribution >= 4 is 21.6 Å². The molecule has 0 saturated carbocycles. The summed E-state index contributed by atoms with van der Waals surface area (Å²) in [6.45, 7) is -0.382. The highest BCUT2D eigenvalue weighted by atomic mass is 35.5. The number of nitrogens with zero attached hydrogens (tertiary/aromatic N) is 1. The highest BCUT2D eigenvalue weighted by Crippen LogP contribution is 2.22. The number of sulfonamides is 1. The van der Waals surface area contributed by atoms with Gasteiger partial charge in [0.15, 0.2) is 0 Å². The quantitative estimate of drug-likeness (QED) is 0.876. The zero-order valence-electron chi connectivity index (χ0n) is 11.4. The van der Waals surface area contributed by atoms with Gasteiger partial charge in [-0.2, -0.15) is 5.26 Å². The number of halogens is 1. The van der Waals surface area contributed by atoms with Crippen LogP contribution < -0.4 is 4.72 Å². The smallest absolute Gasteiger partial charge is 0.241 e. The minimum absolute atomic E-state index is 0.0608. The van der Waals surface area contributed by atoms with Crippen LogP contribution >= 0.6 is 11.6 Å². The van der Waals surface area contributed by atoms with Crippen molar-refractivity contribution < 1.29 is 13.5 Å². The Kier molecular flexibility index (Phi) is 5.16. The summed E-state index contributed by atoms with van der Waals surface area (Å²) < 4.78 is 27.1. The van der Waals surface area contributed by atoms with Gasteiger partial charge in [-0.05, 0) is 23.8 Å². The largest absolute Gasteiger partial charge is 0.394 e. The SMILES string of the molecule is N#Cc1ccc(S(=O)(=O)N[C@@H](CO)c2ccccc2)cc1Cl. The Morgan fingerprint density at radius 1 is 1.23 bits per heavy atom. The van der Waals surface area contributed by atoms with Gasteiger partial charge in [-0.15, -0.1) is 0 Å². The first-order chi connectivity index (χ1) is 10.5. The molecule has 2 N–H and O–H groups in total. The Bertz CT molecular complexity index is 801. The summed E-state index contributed by atoms with van der Waals surface area (Å²) in [5.74, 6) is 0. The fourth-order valence-corrected chi connectivity index (χ4v) is 3.43. The molecule has 1 atom stereocenters. The zero-order valence-corrected chi connectivity index (χ0v) is 13.0. The second-order valence-electron chi connectivity index (χ2n) is 4.52. The van der Waals surface area contributed by atoms with E-state index in [1.54, 1.807) is 30.3 Å². The van der Waals surface area contributed by atoms with Crippen molar-refractivity contribution in [3.63, 3.8) is 0 Å². The fourth-order valence-electron chi connectivity index (χ4n) is 1.91. The average molecular weight is 337 g/mol. The van der Waals surface area contributed by atoms with Crippen LogP contribution in [-0.4, -0.2) is 20.1 Å². The van der Waals surface area contributed by atoms with Gasteiger partial charge in [0.1, 0.15) is 6.07 Å². The average Bonchev–Trinajstić information content (AvgIpc) is 2.53. The molecule has 0 aliphatic rings. The molecule has 0 fully saturated rings. The Morgan fingerprint density at radius 2 is 1.91 bits per heavy atom. The van der Waals surface area contributed by atoms with Crippen molar-refractivity contribution in [2.24, 2.45) is 0 Å². The Balaban J connectivity index is 2.31. The van der Waals surface area contributed by atoms with Gasteiger partial charge in [0.05, 0.1) is 28.1 Å². The molecule has 7 heteroatoms. The lowest BCUT2D eigenvalue weighted by molar-refractivity contribution is 0.259. The second kappa shape index (κ2) is 6.90. The highest BCUT2D eigenvalue weighted by Gasteiger charge is 2.21. The molecule has 2 rings (SSSR count). The second-order valence-corrected chi connectivity index (χ2v) is 6.64. The van der Waals surface area contributed by atoms with Crippen LogP contribution in [0.4, 0.5) is 0 Å². The highest BCUT2D eigenvalue weighted by molar-refractivity contribution is 7.89. The van der Waals surface area contributed by atoms with Gasteiger partial charge in [0, 0.05) is 0 Å². The lowest BCUT2D eigenvalue weighted by atomic mass is 10.1. The minimum atomic E-state index is -3.87. The first kappa shape index (κ1) is 16.5. The third kappa shape index (κ3) is 3.64. The summed E-state index contributed by atoms with van der Waals surface area (Å²) in [6.07, 6.45) is 0. The van der Waals surface area contributed by atoms with Crippen LogP contribution in [0.5, 0.6) is 0 Å². The molecule has 0 saturated heterocycles. The van der Waals surface area contributed by atoms with Crippen LogP contribution in [0.2, 0.25) is 5.02 Å². The third-order valence-corrected chi connectivity index (χ3v) is 4.84. The Morgan fingerprint density at radius 3 is 2.45 bits per heavy atom. The molecule has 2 aromatic carbocycles. The van der Waals surface area contributed by atoms with Crippen molar-refractivity contribution in [3.8, 4) is 6.07 Å². The molecule has 0 aliphatic carbocycles. The van der Waals surface area contributed by atoms with Crippen molar-refractivity contribution in [1.82, 2.24) is 4.72 Å². The summed E-state index contributed by atoms with van der Waals surface area (Å²) in [7, 11) is -3.87. The van der Waals surface area contributed by atoms with Gasteiger partial charge in [0.2, 0.25) is 10.0 Å². The molecule has 0 amide bonds. The number of rotatable bonds is 5. The van der Waals surface area contributed by atoms with Crippen LogP contribution in [0.25, 0.3) is 0 Å². The lowest BCUT2D eigenvalue weighted by Gasteiger charge is -2.17. The van der Waals surface area contributed by atoms with E-state index in [0.29, 0.717) is 5.56 Å². The minimum Gasteiger partial charge on any atom is -0.394 e. The fraction of sp³-hybridized carbons (Fsp3) is 0.133. The van der Waals surface area contributed by atoms with E-state index in [2.05, 4.69) is 4.72 Å². The molecule has 0 bridgehead atoms. The molecule has 0 radical (unpaired) electrons. The third-order valence-electron chi connectivity index (χ3n) is 3.05. The molecule has 22 heavy (non-hydrogen) atoms. The number of aliphatic hydroxyl groups is 1. The topological polar surface area (TPSA) is 90.2 Å². The van der Waals surface area contributed by atoms with Crippen LogP contribution in [0, 0.1) is 11.3 Å². The van der Waals surface area contributed by atoms with Gasteiger partial charge in [-0.1, -0.05) is 41.9 Å². The first-order valence-corrected chi connectivity index (χ1v) is 8.22. The number of aliphatic hydroxyl groups excluding tert-OH is 1. The van der Waals surface area contributed by atoms with E-state index >= 15 is 0 Å². The Hall–Kier alpha value is -1.91. The van der Waals surface area contributed by atoms with Gasteiger partial charge in [-0.25, -0.2) is 13.1 Å². The number of nitrogens with one attached hydrogen (secondary N) is 1. The van der Waals surface area contributed by atoms with Crippen LogP contribution in [0.1, 0.15) is 17.2 Å². The standard InChI is InChI=1S/C15H13ClN2O3S/c16-14-8-13(7-6-12(14)9-17)22(20,21)18-15(10-19)11-4-2-1-3-5-11/h1-8,15,18-19H,10H2/t15-/m0/s1. The van der Waals surface area contributed by atoms with E-state index in [0.717, 1.165) is 0 Å². The molecule has 0 heterocycles. The van der Waals surface area contributed by atoms with Crippen molar-refractivity contribution in [2.75, 3.05) is 6.61 Å². The molecule has 0 aromatic heterocycles. The zero-order chi connectivity index (χ0) is 16.2. The maximum atomic E-state index is 12.4. The predicted octanol–water partition coefficient (Wildman–Crippen LogP) is 2.22. The molecular weight excluding hydrogens is 324 g/mol. The summed E-state index contributed by atoms with van der Waals surface area (Å²) in [6, 6.07) is 13.7. The summed E-state index contributed by atoms with van der Waals surface area (Å²) in [4.78, 5) is -0.0640. The van der Waals surface area contributed by atoms with Crippen LogP contribution in [0.3, 0.4) is 0 Å².